The van der Waals surface area contributed by atoms with Crippen molar-refractivity contribution in [2.75, 3.05) is 46.1 Å². The lowest BCUT2D eigenvalue weighted by Gasteiger charge is -2.35. The summed E-state index contributed by atoms with van der Waals surface area (Å²) in [5.41, 5.74) is 6.37. The number of aliphatic hydroxyl groups is 1. The molecule has 0 aliphatic carbocycles. The molecule has 118 valence electrons. The van der Waals surface area contributed by atoms with Crippen molar-refractivity contribution < 1.29 is 9.84 Å². The Morgan fingerprint density at radius 3 is 2.81 bits per heavy atom. The van der Waals surface area contributed by atoms with E-state index in [-0.39, 0.29) is 0 Å². The zero-order valence-electron chi connectivity index (χ0n) is 13.0. The number of rotatable bonds is 6. The molecule has 1 saturated heterocycles. The first-order valence-corrected chi connectivity index (χ1v) is 7.60. The first-order valence-electron chi connectivity index (χ1n) is 7.60. The smallest absolute Gasteiger partial charge is 0.121 e. The molecule has 2 rings (SSSR count). The molecule has 1 aliphatic rings. The van der Waals surface area contributed by atoms with Gasteiger partial charge < -0.3 is 25.4 Å². The maximum absolute atomic E-state index is 10.1. The third kappa shape index (κ3) is 5.19. The minimum absolute atomic E-state index is 0.292. The number of nitrogen functional groups attached to an aromatic ring is 1. The summed E-state index contributed by atoms with van der Waals surface area (Å²) in [5.74, 6) is 0.705. The van der Waals surface area contributed by atoms with Crippen molar-refractivity contribution in [3.63, 3.8) is 0 Å². The molecule has 0 amide bonds. The Balaban J connectivity index is 1.72. The largest absolute Gasteiger partial charge is 0.491 e. The molecule has 5 heteroatoms. The van der Waals surface area contributed by atoms with Crippen molar-refractivity contribution in [2.24, 2.45) is 0 Å². The van der Waals surface area contributed by atoms with Gasteiger partial charge in [-0.3, -0.25) is 0 Å². The minimum Gasteiger partial charge on any atom is -0.491 e. The number of likely N-dealkylation sites (N-methyl/N-ethyl adjacent to an activating group) is 1. The summed E-state index contributed by atoms with van der Waals surface area (Å²) in [6.45, 7) is 3.19. The molecule has 0 saturated carbocycles. The third-order valence-electron chi connectivity index (χ3n) is 4.11. The second kappa shape index (κ2) is 7.64. The van der Waals surface area contributed by atoms with Gasteiger partial charge in [0.2, 0.25) is 0 Å². The molecule has 5 nitrogen and oxygen atoms in total. The van der Waals surface area contributed by atoms with Crippen LogP contribution in [0.1, 0.15) is 12.8 Å². The standard InChI is InChI=1S/C16H27N3O2/c1-18-8-6-14(7-9-18)19(2)11-15(20)12-21-16-5-3-4-13(17)10-16/h3-5,10,14-15,20H,6-9,11-12,17H2,1-2H3. The van der Waals surface area contributed by atoms with E-state index in [1.54, 1.807) is 6.07 Å². The quantitative estimate of drug-likeness (QED) is 0.767. The molecular weight excluding hydrogens is 266 g/mol. The van der Waals surface area contributed by atoms with E-state index in [4.69, 9.17) is 10.5 Å². The second-order valence-electron chi connectivity index (χ2n) is 6.01. The van der Waals surface area contributed by atoms with Crippen molar-refractivity contribution in [2.45, 2.75) is 25.0 Å². The SMILES string of the molecule is CN1CCC(N(C)CC(O)COc2cccc(N)c2)CC1. The number of benzene rings is 1. The zero-order chi connectivity index (χ0) is 15.2. The Bertz CT molecular complexity index is 433. The molecule has 0 radical (unpaired) electrons. The summed E-state index contributed by atoms with van der Waals surface area (Å²) in [6.07, 6.45) is 1.84. The fourth-order valence-corrected chi connectivity index (χ4v) is 2.77. The number of aliphatic hydroxyl groups excluding tert-OH is 1. The summed E-state index contributed by atoms with van der Waals surface area (Å²) in [6, 6.07) is 7.85. The molecule has 1 aromatic carbocycles. The van der Waals surface area contributed by atoms with Crippen molar-refractivity contribution in [1.82, 2.24) is 9.80 Å². The zero-order valence-corrected chi connectivity index (χ0v) is 13.0. The van der Waals surface area contributed by atoms with Crippen LogP contribution >= 0.6 is 0 Å². The van der Waals surface area contributed by atoms with Crippen LogP contribution in [0, 0.1) is 0 Å². The number of hydrogen-bond acceptors (Lipinski definition) is 5. The second-order valence-corrected chi connectivity index (χ2v) is 6.01. The lowest BCUT2D eigenvalue weighted by atomic mass is 10.0. The van der Waals surface area contributed by atoms with Gasteiger partial charge in [0.1, 0.15) is 18.5 Å². The van der Waals surface area contributed by atoms with E-state index in [0.29, 0.717) is 30.6 Å². The van der Waals surface area contributed by atoms with E-state index in [9.17, 15) is 5.11 Å². The first-order chi connectivity index (χ1) is 10.0. The van der Waals surface area contributed by atoms with Crippen LogP contribution in [-0.2, 0) is 0 Å². The van der Waals surface area contributed by atoms with E-state index in [1.807, 2.05) is 18.2 Å². The Labute approximate surface area is 127 Å². The van der Waals surface area contributed by atoms with Crippen molar-refractivity contribution in [1.29, 1.82) is 0 Å². The predicted molar refractivity (Wildman–Crippen MR) is 85.5 cm³/mol. The number of hydrogen-bond donors (Lipinski definition) is 2. The van der Waals surface area contributed by atoms with Gasteiger partial charge in [0, 0.05) is 24.3 Å². The van der Waals surface area contributed by atoms with Crippen LogP contribution in [-0.4, -0.2) is 67.4 Å². The highest BCUT2D eigenvalue weighted by Gasteiger charge is 2.22. The molecule has 1 fully saturated rings. The lowest BCUT2D eigenvalue weighted by molar-refractivity contribution is 0.0498. The van der Waals surface area contributed by atoms with Crippen molar-refractivity contribution >= 4 is 5.69 Å². The summed E-state index contributed by atoms with van der Waals surface area (Å²) >= 11 is 0. The first kappa shape index (κ1) is 16.1. The Kier molecular flexibility index (Phi) is 5.85. The van der Waals surface area contributed by atoms with E-state index in [2.05, 4.69) is 23.9 Å². The van der Waals surface area contributed by atoms with Crippen LogP contribution < -0.4 is 10.5 Å². The van der Waals surface area contributed by atoms with Gasteiger partial charge in [0.25, 0.3) is 0 Å². The number of ether oxygens (including phenoxy) is 1. The van der Waals surface area contributed by atoms with Gasteiger partial charge in [-0.1, -0.05) is 6.07 Å². The van der Waals surface area contributed by atoms with Gasteiger partial charge in [-0.15, -0.1) is 0 Å². The molecule has 1 heterocycles. The monoisotopic (exact) mass is 293 g/mol. The summed E-state index contributed by atoms with van der Waals surface area (Å²) in [7, 11) is 4.24. The van der Waals surface area contributed by atoms with E-state index < -0.39 is 6.10 Å². The van der Waals surface area contributed by atoms with Crippen molar-refractivity contribution in [3.8, 4) is 5.75 Å². The molecule has 0 aromatic heterocycles. The average Bonchev–Trinajstić information content (AvgIpc) is 2.46. The predicted octanol–water partition coefficient (Wildman–Crippen LogP) is 1.03. The third-order valence-corrected chi connectivity index (χ3v) is 4.11. The van der Waals surface area contributed by atoms with Crippen LogP contribution in [0.25, 0.3) is 0 Å². The average molecular weight is 293 g/mol. The van der Waals surface area contributed by atoms with Gasteiger partial charge in [-0.05, 0) is 52.2 Å². The van der Waals surface area contributed by atoms with Gasteiger partial charge in [-0.2, -0.15) is 0 Å². The van der Waals surface area contributed by atoms with Gasteiger partial charge >= 0.3 is 0 Å². The summed E-state index contributed by atoms with van der Waals surface area (Å²) in [5, 5.41) is 10.1. The molecular formula is C16H27N3O2. The van der Waals surface area contributed by atoms with Crippen molar-refractivity contribution in [3.05, 3.63) is 24.3 Å². The maximum atomic E-state index is 10.1. The molecule has 1 aromatic rings. The molecule has 1 atom stereocenters. The highest BCUT2D eigenvalue weighted by atomic mass is 16.5. The highest BCUT2D eigenvalue weighted by molar-refractivity contribution is 5.43. The van der Waals surface area contributed by atoms with Crippen LogP contribution in [0.15, 0.2) is 24.3 Å². The molecule has 0 spiro atoms. The maximum Gasteiger partial charge on any atom is 0.121 e. The summed E-state index contributed by atoms with van der Waals surface area (Å²) in [4.78, 5) is 4.60. The number of nitrogens with two attached hydrogens (primary N) is 1. The molecule has 1 unspecified atom stereocenters. The molecule has 1 aliphatic heterocycles. The van der Waals surface area contributed by atoms with Crippen LogP contribution in [0.5, 0.6) is 5.75 Å². The fraction of sp³-hybridized carbons (Fsp3) is 0.625. The van der Waals surface area contributed by atoms with E-state index in [0.717, 1.165) is 25.9 Å². The topological polar surface area (TPSA) is 62.0 Å². The number of nitrogens with zero attached hydrogens (tertiary/aromatic N) is 2. The summed E-state index contributed by atoms with van der Waals surface area (Å²) < 4.78 is 5.59. The Morgan fingerprint density at radius 2 is 2.14 bits per heavy atom. The fourth-order valence-electron chi connectivity index (χ4n) is 2.77. The highest BCUT2D eigenvalue weighted by Crippen LogP contribution is 2.16. The van der Waals surface area contributed by atoms with Crippen LogP contribution in [0.4, 0.5) is 5.69 Å². The minimum atomic E-state index is -0.490. The van der Waals surface area contributed by atoms with Gasteiger partial charge in [0.15, 0.2) is 0 Å². The number of piperidine rings is 1. The normalized spacial score (nSPS) is 18.9. The number of anilines is 1. The number of likely N-dealkylation sites (tertiary alicyclic amines) is 1. The Morgan fingerprint density at radius 1 is 1.43 bits per heavy atom. The molecule has 21 heavy (non-hydrogen) atoms. The van der Waals surface area contributed by atoms with E-state index in [1.165, 1.54) is 0 Å². The van der Waals surface area contributed by atoms with Crippen LogP contribution in [0.3, 0.4) is 0 Å². The van der Waals surface area contributed by atoms with E-state index >= 15 is 0 Å². The van der Waals surface area contributed by atoms with Gasteiger partial charge in [0.05, 0.1) is 0 Å². The lowest BCUT2D eigenvalue weighted by Crippen LogP contribution is -2.45. The Hall–Kier alpha value is -1.30. The van der Waals surface area contributed by atoms with Crippen LogP contribution in [0.2, 0.25) is 0 Å². The molecule has 0 bridgehead atoms. The van der Waals surface area contributed by atoms with Gasteiger partial charge in [-0.25, -0.2) is 0 Å². The molecule has 3 N–H and O–H groups in total.